The summed E-state index contributed by atoms with van der Waals surface area (Å²) >= 11 is 0. The van der Waals surface area contributed by atoms with E-state index in [4.69, 9.17) is 5.10 Å². The summed E-state index contributed by atoms with van der Waals surface area (Å²) in [7, 11) is 7.93. The Morgan fingerprint density at radius 3 is 2.69 bits per heavy atom. The first-order chi connectivity index (χ1) is 13.8. The zero-order valence-electron chi connectivity index (χ0n) is 17.6. The van der Waals surface area contributed by atoms with E-state index in [1.54, 1.807) is 11.6 Å². The quantitative estimate of drug-likeness (QED) is 0.733. The summed E-state index contributed by atoms with van der Waals surface area (Å²) in [5.41, 5.74) is 6.21. The van der Waals surface area contributed by atoms with Crippen molar-refractivity contribution in [1.29, 1.82) is 0 Å². The summed E-state index contributed by atoms with van der Waals surface area (Å²) in [5.74, 6) is 0.101. The van der Waals surface area contributed by atoms with Gasteiger partial charge in [0.15, 0.2) is 0 Å². The molecule has 0 saturated carbocycles. The number of hydrogen-bond donors (Lipinski definition) is 1. The molecule has 0 spiro atoms. The molecule has 0 aliphatic carbocycles. The summed E-state index contributed by atoms with van der Waals surface area (Å²) in [6, 6.07) is 6.41. The van der Waals surface area contributed by atoms with Crippen molar-refractivity contribution in [2.75, 3.05) is 33.7 Å². The van der Waals surface area contributed by atoms with E-state index in [9.17, 15) is 4.79 Å². The molecule has 8 heteroatoms. The fraction of sp³-hybridized carbons (Fsp3) is 0.381. The van der Waals surface area contributed by atoms with E-state index in [0.29, 0.717) is 6.54 Å². The molecule has 4 rings (SSSR count). The molecule has 1 aliphatic heterocycles. The first kappa shape index (κ1) is 19.0. The third-order valence-corrected chi connectivity index (χ3v) is 5.35. The molecule has 3 aromatic rings. The minimum absolute atomic E-state index is 0.101. The normalized spacial score (nSPS) is 16.1. The van der Waals surface area contributed by atoms with Crippen LogP contribution in [0.3, 0.4) is 0 Å². The molecule has 3 heterocycles. The molecule has 0 unspecified atom stereocenters. The van der Waals surface area contributed by atoms with Gasteiger partial charge in [-0.05, 0) is 12.1 Å². The number of aromatic nitrogens is 4. The summed E-state index contributed by atoms with van der Waals surface area (Å²) < 4.78 is 3.69. The molecular weight excluding hydrogens is 366 g/mol. The zero-order chi connectivity index (χ0) is 20.7. The minimum Gasteiger partial charge on any atom is -0.383 e. The van der Waals surface area contributed by atoms with Crippen molar-refractivity contribution in [3.8, 4) is 11.3 Å². The van der Waals surface area contributed by atoms with Gasteiger partial charge in [-0.1, -0.05) is 6.07 Å². The molecule has 0 radical (unpaired) electrons. The lowest BCUT2D eigenvalue weighted by Crippen LogP contribution is -2.45. The maximum Gasteiger partial charge on any atom is 0.219 e. The Hall–Kier alpha value is -3.29. The number of piperazine rings is 1. The maximum absolute atomic E-state index is 11.9. The van der Waals surface area contributed by atoms with E-state index in [0.717, 1.165) is 52.2 Å². The monoisotopic (exact) mass is 393 g/mol. The number of carbonyl (C=O) groups is 1. The highest BCUT2D eigenvalue weighted by Crippen LogP contribution is 2.31. The SMILES string of the molecule is CC(=O)N1CCN/C(=C(/c2ccc3c(c2)c(-c2cnn(C)c2)nn3C)N(C)C)C1. The van der Waals surface area contributed by atoms with Gasteiger partial charge in [0.1, 0.15) is 5.69 Å². The molecule has 1 aromatic carbocycles. The molecule has 29 heavy (non-hydrogen) atoms. The Bertz CT molecular complexity index is 1110. The third kappa shape index (κ3) is 3.46. The van der Waals surface area contributed by atoms with Gasteiger partial charge < -0.3 is 15.1 Å². The minimum atomic E-state index is 0.101. The van der Waals surface area contributed by atoms with Crippen molar-refractivity contribution in [2.45, 2.75) is 6.92 Å². The summed E-state index contributed by atoms with van der Waals surface area (Å²) in [6.45, 7) is 3.69. The molecule has 1 aliphatic rings. The number of rotatable bonds is 3. The second-order valence-electron chi connectivity index (χ2n) is 7.70. The van der Waals surface area contributed by atoms with Crippen LogP contribution < -0.4 is 5.32 Å². The van der Waals surface area contributed by atoms with Gasteiger partial charge in [0, 0.05) is 70.9 Å². The van der Waals surface area contributed by atoms with Gasteiger partial charge in [0.05, 0.1) is 29.7 Å². The predicted octanol–water partition coefficient (Wildman–Crippen LogP) is 1.66. The number of benzene rings is 1. The highest BCUT2D eigenvalue weighted by molar-refractivity contribution is 5.95. The van der Waals surface area contributed by atoms with Crippen molar-refractivity contribution in [3.63, 3.8) is 0 Å². The van der Waals surface area contributed by atoms with Crippen LogP contribution in [-0.2, 0) is 18.9 Å². The highest BCUT2D eigenvalue weighted by Gasteiger charge is 2.22. The summed E-state index contributed by atoms with van der Waals surface area (Å²) in [4.78, 5) is 15.9. The standard InChI is InChI=1S/C21H27N7O/c1-14(29)28-9-8-22-18(13-28)21(25(2)3)15-6-7-19-17(10-15)20(24-27(19)5)16-11-23-26(4)12-16/h6-7,10-12,22H,8-9,13H2,1-5H3/b21-18-. The molecule has 2 aromatic heterocycles. The number of fused-ring (bicyclic) bond motifs is 1. The van der Waals surface area contributed by atoms with Crippen LogP contribution in [0, 0.1) is 0 Å². The van der Waals surface area contributed by atoms with Gasteiger partial charge in [-0.3, -0.25) is 14.2 Å². The Morgan fingerprint density at radius 1 is 1.24 bits per heavy atom. The molecule has 8 nitrogen and oxygen atoms in total. The Balaban J connectivity index is 1.85. The van der Waals surface area contributed by atoms with Gasteiger partial charge >= 0.3 is 0 Å². The van der Waals surface area contributed by atoms with Crippen LogP contribution in [0.5, 0.6) is 0 Å². The lowest BCUT2D eigenvalue weighted by molar-refractivity contribution is -0.128. The predicted molar refractivity (Wildman–Crippen MR) is 114 cm³/mol. The van der Waals surface area contributed by atoms with Crippen LogP contribution >= 0.6 is 0 Å². The van der Waals surface area contributed by atoms with Crippen molar-refractivity contribution in [3.05, 3.63) is 41.9 Å². The lowest BCUT2D eigenvalue weighted by Gasteiger charge is -2.32. The van der Waals surface area contributed by atoms with E-state index in [1.165, 1.54) is 0 Å². The second kappa shape index (κ2) is 7.27. The molecule has 1 amide bonds. The Labute approximate surface area is 170 Å². The first-order valence-electron chi connectivity index (χ1n) is 9.71. The van der Waals surface area contributed by atoms with Crippen LogP contribution in [0.4, 0.5) is 0 Å². The van der Waals surface area contributed by atoms with E-state index < -0.39 is 0 Å². The van der Waals surface area contributed by atoms with E-state index >= 15 is 0 Å². The van der Waals surface area contributed by atoms with Crippen LogP contribution in [0.1, 0.15) is 12.5 Å². The average Bonchev–Trinajstić information content (AvgIpc) is 3.25. The van der Waals surface area contributed by atoms with Crippen LogP contribution in [0.25, 0.3) is 27.9 Å². The number of nitrogens with one attached hydrogen (secondary N) is 1. The number of hydrogen-bond acceptors (Lipinski definition) is 5. The van der Waals surface area contributed by atoms with E-state index in [2.05, 4.69) is 33.5 Å². The summed E-state index contributed by atoms with van der Waals surface area (Å²) in [6.07, 6.45) is 3.82. The van der Waals surface area contributed by atoms with Gasteiger partial charge in [0.2, 0.25) is 5.91 Å². The highest BCUT2D eigenvalue weighted by atomic mass is 16.2. The fourth-order valence-corrected chi connectivity index (χ4v) is 3.97. The van der Waals surface area contributed by atoms with Gasteiger partial charge in [-0.15, -0.1) is 0 Å². The lowest BCUT2D eigenvalue weighted by atomic mass is 10.0. The smallest absolute Gasteiger partial charge is 0.219 e. The Kier molecular flexibility index (Phi) is 4.77. The molecule has 1 fully saturated rings. The topological polar surface area (TPSA) is 71.2 Å². The van der Waals surface area contributed by atoms with E-state index in [1.807, 2.05) is 50.2 Å². The number of nitrogens with zero attached hydrogens (tertiary/aromatic N) is 6. The van der Waals surface area contributed by atoms with Crippen LogP contribution in [0.15, 0.2) is 36.3 Å². The first-order valence-corrected chi connectivity index (χ1v) is 9.71. The molecule has 1 saturated heterocycles. The van der Waals surface area contributed by atoms with Crippen molar-refractivity contribution in [2.24, 2.45) is 14.1 Å². The number of carbonyl (C=O) groups excluding carboxylic acids is 1. The maximum atomic E-state index is 11.9. The molecule has 152 valence electrons. The van der Waals surface area contributed by atoms with Crippen molar-refractivity contribution < 1.29 is 4.79 Å². The molecule has 1 N–H and O–H groups in total. The average molecular weight is 393 g/mol. The number of amides is 1. The summed E-state index contributed by atoms with van der Waals surface area (Å²) in [5, 5.41) is 13.6. The van der Waals surface area contributed by atoms with Crippen molar-refractivity contribution >= 4 is 22.5 Å². The largest absolute Gasteiger partial charge is 0.383 e. The molecular formula is C21H27N7O. The van der Waals surface area contributed by atoms with Gasteiger partial charge in [-0.25, -0.2) is 0 Å². The van der Waals surface area contributed by atoms with Crippen LogP contribution in [0.2, 0.25) is 0 Å². The third-order valence-electron chi connectivity index (χ3n) is 5.35. The van der Waals surface area contributed by atoms with Crippen molar-refractivity contribution in [1.82, 2.24) is 34.7 Å². The zero-order valence-corrected chi connectivity index (χ0v) is 17.6. The molecule has 0 atom stereocenters. The van der Waals surface area contributed by atoms with Gasteiger partial charge in [0.25, 0.3) is 0 Å². The Morgan fingerprint density at radius 2 is 2.03 bits per heavy atom. The second-order valence-corrected chi connectivity index (χ2v) is 7.70. The number of aryl methyl sites for hydroxylation is 2. The van der Waals surface area contributed by atoms with E-state index in [-0.39, 0.29) is 5.91 Å². The van der Waals surface area contributed by atoms with Crippen LogP contribution in [-0.4, -0.2) is 69.0 Å². The van der Waals surface area contributed by atoms with Gasteiger partial charge in [-0.2, -0.15) is 10.2 Å². The fourth-order valence-electron chi connectivity index (χ4n) is 3.97. The molecule has 0 bridgehead atoms.